The number of nitrogens with one attached hydrogen (secondary N) is 2. The highest BCUT2D eigenvalue weighted by atomic mass is 19.1. The van der Waals surface area contributed by atoms with E-state index in [0.29, 0.717) is 0 Å². The molecule has 2 heterocycles. The Hall–Kier alpha value is -1.88. The molecule has 2 N–H and O–H groups in total. The third-order valence-electron chi connectivity index (χ3n) is 3.45. The van der Waals surface area contributed by atoms with Gasteiger partial charge in [-0.25, -0.2) is 9.37 Å². The van der Waals surface area contributed by atoms with Gasteiger partial charge in [-0.1, -0.05) is 0 Å². The van der Waals surface area contributed by atoms with Crippen LogP contribution in [-0.2, 0) is 13.1 Å². The van der Waals surface area contributed by atoms with Gasteiger partial charge >= 0.3 is 0 Å². The normalized spacial score (nSPS) is 14.9. The van der Waals surface area contributed by atoms with Crippen LogP contribution in [0.3, 0.4) is 0 Å². The van der Waals surface area contributed by atoms with Crippen LogP contribution in [0.4, 0.5) is 10.2 Å². The molecule has 1 aromatic carbocycles. The van der Waals surface area contributed by atoms with Crippen molar-refractivity contribution < 1.29 is 4.39 Å². The van der Waals surface area contributed by atoms with E-state index in [2.05, 4.69) is 36.0 Å². The van der Waals surface area contributed by atoms with E-state index in [1.54, 1.807) is 12.1 Å². The van der Waals surface area contributed by atoms with Gasteiger partial charge in [0.2, 0.25) is 0 Å². The Balaban J connectivity index is 2.10. The number of rotatable bonds is 2. The van der Waals surface area contributed by atoms with Gasteiger partial charge in [-0.3, -0.25) is 0 Å². The molecule has 0 saturated carbocycles. The molecule has 4 nitrogen and oxygen atoms in total. The summed E-state index contributed by atoms with van der Waals surface area (Å²) in [6.45, 7) is 8.97. The lowest BCUT2D eigenvalue weighted by atomic mass is 10.1. The number of nitrogens with zero attached hydrogens (tertiary/aromatic N) is 2. The second-order valence-corrected chi connectivity index (χ2v) is 6.44. The van der Waals surface area contributed by atoms with Crippen molar-refractivity contribution in [3.8, 4) is 11.3 Å². The molecule has 0 saturated heterocycles. The zero-order valence-electron chi connectivity index (χ0n) is 12.7. The van der Waals surface area contributed by atoms with E-state index < -0.39 is 0 Å². The molecule has 0 fully saturated rings. The number of aromatic nitrogens is 2. The molecule has 0 unspecified atom stereocenters. The fourth-order valence-corrected chi connectivity index (χ4v) is 2.56. The molecule has 1 aliphatic heterocycles. The van der Waals surface area contributed by atoms with E-state index in [1.807, 2.05) is 0 Å². The van der Waals surface area contributed by atoms with E-state index in [-0.39, 0.29) is 11.4 Å². The molecule has 0 spiro atoms. The predicted molar refractivity (Wildman–Crippen MR) is 82.7 cm³/mol. The molecule has 0 aliphatic carbocycles. The number of fused-ring (bicyclic) bond motifs is 1. The van der Waals surface area contributed by atoms with Crippen molar-refractivity contribution in [3.63, 3.8) is 0 Å². The van der Waals surface area contributed by atoms with E-state index >= 15 is 0 Å². The molecule has 112 valence electrons. The van der Waals surface area contributed by atoms with Crippen LogP contribution < -0.4 is 10.6 Å². The van der Waals surface area contributed by atoms with Crippen LogP contribution in [0.25, 0.3) is 11.3 Å². The average molecular weight is 288 g/mol. The Labute approximate surface area is 124 Å². The summed E-state index contributed by atoms with van der Waals surface area (Å²) in [6.07, 6.45) is 0. The number of halogens is 1. The zero-order chi connectivity index (χ0) is 15.0. The number of imidazole rings is 1. The first-order valence-corrected chi connectivity index (χ1v) is 7.28. The predicted octanol–water partition coefficient (Wildman–Crippen LogP) is 3.00. The highest BCUT2D eigenvalue weighted by molar-refractivity contribution is 5.73. The van der Waals surface area contributed by atoms with Gasteiger partial charge in [0.15, 0.2) is 0 Å². The van der Waals surface area contributed by atoms with E-state index in [0.717, 1.165) is 42.5 Å². The van der Waals surface area contributed by atoms with Crippen molar-refractivity contribution in [3.05, 3.63) is 35.9 Å². The quantitative estimate of drug-likeness (QED) is 0.892. The van der Waals surface area contributed by atoms with Crippen LogP contribution >= 0.6 is 0 Å². The SMILES string of the molecule is CC(C)(C)Nc1c(-c2ccc(F)cc2)nc2n1CCNC2. The first-order valence-electron chi connectivity index (χ1n) is 7.28. The fraction of sp³-hybridized carbons (Fsp3) is 0.438. The topological polar surface area (TPSA) is 41.9 Å². The van der Waals surface area contributed by atoms with Crippen molar-refractivity contribution in [2.75, 3.05) is 11.9 Å². The first kappa shape index (κ1) is 14.1. The molecule has 0 radical (unpaired) electrons. The third kappa shape index (κ3) is 2.93. The van der Waals surface area contributed by atoms with Crippen molar-refractivity contribution >= 4 is 5.82 Å². The van der Waals surface area contributed by atoms with Crippen molar-refractivity contribution in [2.45, 2.75) is 39.4 Å². The summed E-state index contributed by atoms with van der Waals surface area (Å²) in [5.74, 6) is 1.81. The van der Waals surface area contributed by atoms with Gasteiger partial charge in [0.25, 0.3) is 0 Å². The van der Waals surface area contributed by atoms with Gasteiger partial charge in [0.05, 0.1) is 6.54 Å². The molecule has 1 aliphatic rings. The monoisotopic (exact) mass is 288 g/mol. The minimum Gasteiger partial charge on any atom is -0.365 e. The molecule has 2 aromatic rings. The Kier molecular flexibility index (Phi) is 3.45. The maximum Gasteiger partial charge on any atom is 0.134 e. The molecular formula is C16H21FN4. The molecule has 0 atom stereocenters. The van der Waals surface area contributed by atoms with Crippen LogP contribution in [0.5, 0.6) is 0 Å². The van der Waals surface area contributed by atoms with Crippen molar-refractivity contribution in [1.82, 2.24) is 14.9 Å². The van der Waals surface area contributed by atoms with E-state index in [9.17, 15) is 4.39 Å². The van der Waals surface area contributed by atoms with Crippen molar-refractivity contribution in [1.29, 1.82) is 0 Å². The summed E-state index contributed by atoms with van der Waals surface area (Å²) in [6, 6.07) is 6.52. The van der Waals surface area contributed by atoms with Crippen LogP contribution in [0.15, 0.2) is 24.3 Å². The molecule has 21 heavy (non-hydrogen) atoms. The standard InChI is InChI=1S/C16H21FN4/c1-16(2,3)20-15-14(11-4-6-12(17)7-5-11)19-13-10-18-8-9-21(13)15/h4-7,18,20H,8-10H2,1-3H3. The summed E-state index contributed by atoms with van der Waals surface area (Å²) in [5, 5.41) is 6.88. The Morgan fingerprint density at radius 2 is 1.95 bits per heavy atom. The zero-order valence-corrected chi connectivity index (χ0v) is 12.7. The van der Waals surface area contributed by atoms with E-state index in [4.69, 9.17) is 4.98 Å². The van der Waals surface area contributed by atoms with Gasteiger partial charge in [-0.15, -0.1) is 0 Å². The highest BCUT2D eigenvalue weighted by Crippen LogP contribution is 2.31. The summed E-state index contributed by atoms with van der Waals surface area (Å²) in [5.41, 5.74) is 1.77. The summed E-state index contributed by atoms with van der Waals surface area (Å²) < 4.78 is 15.4. The highest BCUT2D eigenvalue weighted by Gasteiger charge is 2.23. The van der Waals surface area contributed by atoms with Crippen molar-refractivity contribution in [2.24, 2.45) is 0 Å². The maximum atomic E-state index is 13.1. The second kappa shape index (κ2) is 5.15. The third-order valence-corrected chi connectivity index (χ3v) is 3.45. The maximum absolute atomic E-state index is 13.1. The number of benzene rings is 1. The molecule has 0 amide bonds. The van der Waals surface area contributed by atoms with Crippen LogP contribution in [0.2, 0.25) is 0 Å². The minimum atomic E-state index is -0.227. The second-order valence-electron chi connectivity index (χ2n) is 6.44. The van der Waals surface area contributed by atoms with Gasteiger partial charge in [-0.2, -0.15) is 0 Å². The summed E-state index contributed by atoms with van der Waals surface area (Å²) in [4.78, 5) is 4.75. The number of anilines is 1. The molecule has 0 bridgehead atoms. The van der Waals surface area contributed by atoms with Gasteiger partial charge in [-0.05, 0) is 45.0 Å². The minimum absolute atomic E-state index is 0.0591. The number of hydrogen-bond donors (Lipinski definition) is 2. The van der Waals surface area contributed by atoms with Gasteiger partial charge in [0.1, 0.15) is 23.2 Å². The molecule has 1 aromatic heterocycles. The molecule has 5 heteroatoms. The largest absolute Gasteiger partial charge is 0.365 e. The van der Waals surface area contributed by atoms with Gasteiger partial charge in [0, 0.05) is 24.2 Å². The lowest BCUT2D eigenvalue weighted by Gasteiger charge is -2.25. The average Bonchev–Trinajstić information content (AvgIpc) is 2.77. The number of hydrogen-bond acceptors (Lipinski definition) is 3. The molecule has 3 rings (SSSR count). The van der Waals surface area contributed by atoms with Gasteiger partial charge < -0.3 is 15.2 Å². The fourth-order valence-electron chi connectivity index (χ4n) is 2.56. The Morgan fingerprint density at radius 1 is 1.24 bits per heavy atom. The lowest BCUT2D eigenvalue weighted by Crippen LogP contribution is -2.32. The smallest absolute Gasteiger partial charge is 0.134 e. The summed E-state index contributed by atoms with van der Waals surface area (Å²) in [7, 11) is 0. The van der Waals surface area contributed by atoms with E-state index in [1.165, 1.54) is 12.1 Å². The molecular weight excluding hydrogens is 267 g/mol. The van der Waals surface area contributed by atoms with Crippen LogP contribution in [0, 0.1) is 5.82 Å². The van der Waals surface area contributed by atoms with Crippen LogP contribution in [-0.4, -0.2) is 21.6 Å². The Bertz CT molecular complexity index is 638. The van der Waals surface area contributed by atoms with Crippen LogP contribution in [0.1, 0.15) is 26.6 Å². The first-order chi connectivity index (χ1) is 9.94. The Morgan fingerprint density at radius 3 is 2.62 bits per heavy atom. The lowest BCUT2D eigenvalue weighted by molar-refractivity contribution is 0.502. The summed E-state index contributed by atoms with van der Waals surface area (Å²) >= 11 is 0.